The number of hydrogen-bond donors (Lipinski definition) is 0. The highest BCUT2D eigenvalue weighted by Gasteiger charge is 2.04. The summed E-state index contributed by atoms with van der Waals surface area (Å²) in [6.45, 7) is 0. The molecule has 0 spiro atoms. The molecule has 0 atom stereocenters. The SMILES string of the molecule is O=C=Nc1ccccc1Sc1ncccn1. The molecule has 1 aromatic heterocycles. The molecule has 0 unspecified atom stereocenters. The zero-order valence-corrected chi connectivity index (χ0v) is 9.02. The third kappa shape index (κ3) is 2.53. The van der Waals surface area contributed by atoms with Gasteiger partial charge in [-0.1, -0.05) is 12.1 Å². The molecule has 16 heavy (non-hydrogen) atoms. The molecule has 0 bridgehead atoms. The summed E-state index contributed by atoms with van der Waals surface area (Å²) in [4.78, 5) is 22.9. The third-order valence-corrected chi connectivity index (χ3v) is 2.73. The molecule has 2 aromatic rings. The lowest BCUT2D eigenvalue weighted by Crippen LogP contribution is -1.83. The molecule has 0 saturated carbocycles. The predicted molar refractivity (Wildman–Crippen MR) is 60.4 cm³/mol. The van der Waals surface area contributed by atoms with Gasteiger partial charge in [0.1, 0.15) is 0 Å². The second kappa shape index (κ2) is 5.21. The average Bonchev–Trinajstić information content (AvgIpc) is 2.33. The van der Waals surface area contributed by atoms with Crippen molar-refractivity contribution in [1.29, 1.82) is 0 Å². The normalized spacial score (nSPS) is 9.50. The molecule has 0 aliphatic rings. The quantitative estimate of drug-likeness (QED) is 0.461. The van der Waals surface area contributed by atoms with Crippen LogP contribution in [0.1, 0.15) is 0 Å². The first kappa shape index (κ1) is 10.5. The van der Waals surface area contributed by atoms with Crippen LogP contribution >= 0.6 is 11.8 Å². The van der Waals surface area contributed by atoms with Gasteiger partial charge in [-0.3, -0.25) is 0 Å². The highest BCUT2D eigenvalue weighted by Crippen LogP contribution is 2.32. The number of carbonyl (C=O) groups excluding carboxylic acids is 1. The molecule has 78 valence electrons. The largest absolute Gasteiger partial charge is 0.240 e. The molecule has 0 amide bonds. The van der Waals surface area contributed by atoms with Gasteiger partial charge in [0, 0.05) is 17.3 Å². The zero-order chi connectivity index (χ0) is 11.2. The van der Waals surface area contributed by atoms with Crippen molar-refractivity contribution in [2.45, 2.75) is 10.1 Å². The molecular formula is C11H7N3OS. The van der Waals surface area contributed by atoms with Gasteiger partial charge in [-0.2, -0.15) is 4.99 Å². The van der Waals surface area contributed by atoms with Gasteiger partial charge in [-0.25, -0.2) is 14.8 Å². The number of isocyanates is 1. The highest BCUT2D eigenvalue weighted by atomic mass is 32.2. The summed E-state index contributed by atoms with van der Waals surface area (Å²) < 4.78 is 0. The maximum atomic E-state index is 10.2. The summed E-state index contributed by atoms with van der Waals surface area (Å²) in [5, 5.41) is 0.621. The fraction of sp³-hybridized carbons (Fsp3) is 0. The van der Waals surface area contributed by atoms with Crippen LogP contribution in [0.5, 0.6) is 0 Å². The molecule has 0 radical (unpaired) electrons. The van der Waals surface area contributed by atoms with Crippen molar-refractivity contribution in [2.24, 2.45) is 4.99 Å². The van der Waals surface area contributed by atoms with Gasteiger partial charge < -0.3 is 0 Å². The fourth-order valence-corrected chi connectivity index (χ4v) is 1.91. The summed E-state index contributed by atoms with van der Waals surface area (Å²) >= 11 is 1.36. The van der Waals surface area contributed by atoms with Crippen LogP contribution < -0.4 is 0 Å². The first-order valence-corrected chi connectivity index (χ1v) is 5.33. The molecule has 0 aliphatic carbocycles. The van der Waals surface area contributed by atoms with E-state index in [1.54, 1.807) is 24.5 Å². The van der Waals surface area contributed by atoms with Crippen molar-refractivity contribution < 1.29 is 4.79 Å². The van der Waals surface area contributed by atoms with Crippen LogP contribution in [0.4, 0.5) is 5.69 Å². The summed E-state index contributed by atoms with van der Waals surface area (Å²) in [6.07, 6.45) is 4.87. The van der Waals surface area contributed by atoms with Crippen molar-refractivity contribution in [3.63, 3.8) is 0 Å². The van der Waals surface area contributed by atoms with E-state index in [9.17, 15) is 4.79 Å². The van der Waals surface area contributed by atoms with Gasteiger partial charge in [0.2, 0.25) is 6.08 Å². The maximum absolute atomic E-state index is 10.2. The first-order chi connectivity index (χ1) is 7.90. The lowest BCUT2D eigenvalue weighted by molar-refractivity contribution is 0.565. The van der Waals surface area contributed by atoms with Crippen LogP contribution in [0.15, 0.2) is 57.8 Å². The monoisotopic (exact) mass is 229 g/mol. The van der Waals surface area contributed by atoms with E-state index in [-0.39, 0.29) is 0 Å². The Morgan fingerprint density at radius 3 is 2.62 bits per heavy atom. The molecule has 0 aliphatic heterocycles. The van der Waals surface area contributed by atoms with Crippen LogP contribution in [0.3, 0.4) is 0 Å². The Morgan fingerprint density at radius 2 is 1.88 bits per heavy atom. The molecule has 5 heteroatoms. The van der Waals surface area contributed by atoms with E-state index in [1.807, 2.05) is 18.2 Å². The second-order valence-electron chi connectivity index (χ2n) is 2.80. The van der Waals surface area contributed by atoms with E-state index in [0.717, 1.165) is 4.90 Å². The number of aliphatic imine (C=N–C) groups is 1. The summed E-state index contributed by atoms with van der Waals surface area (Å²) in [5.41, 5.74) is 0.579. The van der Waals surface area contributed by atoms with Gasteiger partial charge >= 0.3 is 0 Å². The van der Waals surface area contributed by atoms with E-state index in [1.165, 1.54) is 17.8 Å². The Bertz CT molecular complexity index is 524. The Hall–Kier alpha value is -1.97. The minimum Gasteiger partial charge on any atom is -0.231 e. The zero-order valence-electron chi connectivity index (χ0n) is 8.20. The van der Waals surface area contributed by atoms with E-state index in [2.05, 4.69) is 15.0 Å². The van der Waals surface area contributed by atoms with E-state index < -0.39 is 0 Å². The van der Waals surface area contributed by atoms with Gasteiger partial charge in [-0.05, 0) is 30.0 Å². The standard InChI is InChI=1S/C11H7N3OS/c15-8-14-9-4-1-2-5-10(9)16-11-12-6-3-7-13-11/h1-7H. The van der Waals surface area contributed by atoms with Crippen LogP contribution in [-0.2, 0) is 4.79 Å². The van der Waals surface area contributed by atoms with Gasteiger partial charge in [0.15, 0.2) is 5.16 Å². The Morgan fingerprint density at radius 1 is 1.12 bits per heavy atom. The smallest absolute Gasteiger partial charge is 0.231 e. The van der Waals surface area contributed by atoms with E-state index in [4.69, 9.17) is 0 Å². The van der Waals surface area contributed by atoms with Crippen LogP contribution in [0.25, 0.3) is 0 Å². The van der Waals surface area contributed by atoms with Gasteiger partial charge in [0.25, 0.3) is 0 Å². The van der Waals surface area contributed by atoms with Crippen molar-refractivity contribution in [1.82, 2.24) is 9.97 Å². The fourth-order valence-electron chi connectivity index (χ4n) is 1.12. The number of aromatic nitrogens is 2. The number of hydrogen-bond acceptors (Lipinski definition) is 5. The summed E-state index contributed by atoms with van der Waals surface area (Å²) in [7, 11) is 0. The minimum absolute atomic E-state index is 0.579. The van der Waals surface area contributed by atoms with E-state index >= 15 is 0 Å². The van der Waals surface area contributed by atoms with Gasteiger partial charge in [0.05, 0.1) is 5.69 Å². The molecule has 1 heterocycles. The molecule has 0 saturated heterocycles. The average molecular weight is 229 g/mol. The van der Waals surface area contributed by atoms with E-state index in [0.29, 0.717) is 10.8 Å². The summed E-state index contributed by atoms with van der Waals surface area (Å²) in [5.74, 6) is 0. The van der Waals surface area contributed by atoms with Crippen LogP contribution in [-0.4, -0.2) is 16.0 Å². The molecular weight excluding hydrogens is 222 g/mol. The third-order valence-electron chi connectivity index (χ3n) is 1.77. The number of nitrogens with zero attached hydrogens (tertiary/aromatic N) is 3. The predicted octanol–water partition coefficient (Wildman–Crippen LogP) is 2.60. The Kier molecular flexibility index (Phi) is 3.43. The Balaban J connectivity index is 2.31. The second-order valence-corrected chi connectivity index (χ2v) is 3.81. The first-order valence-electron chi connectivity index (χ1n) is 4.52. The van der Waals surface area contributed by atoms with Crippen molar-refractivity contribution >= 4 is 23.5 Å². The molecule has 4 nitrogen and oxygen atoms in total. The lowest BCUT2D eigenvalue weighted by atomic mass is 10.3. The van der Waals surface area contributed by atoms with Crippen molar-refractivity contribution in [3.8, 4) is 0 Å². The van der Waals surface area contributed by atoms with Gasteiger partial charge in [-0.15, -0.1) is 0 Å². The molecule has 2 rings (SSSR count). The number of para-hydroxylation sites is 1. The van der Waals surface area contributed by atoms with Crippen LogP contribution in [0, 0.1) is 0 Å². The number of benzene rings is 1. The van der Waals surface area contributed by atoms with Crippen molar-refractivity contribution in [2.75, 3.05) is 0 Å². The minimum atomic E-state index is 0.579. The summed E-state index contributed by atoms with van der Waals surface area (Å²) in [6, 6.07) is 9.04. The number of rotatable bonds is 3. The molecule has 0 fully saturated rings. The Labute approximate surface area is 96.5 Å². The van der Waals surface area contributed by atoms with Crippen LogP contribution in [0.2, 0.25) is 0 Å². The molecule has 0 N–H and O–H groups in total. The van der Waals surface area contributed by atoms with Crippen molar-refractivity contribution in [3.05, 3.63) is 42.7 Å². The highest BCUT2D eigenvalue weighted by molar-refractivity contribution is 7.99. The maximum Gasteiger partial charge on any atom is 0.240 e. The lowest BCUT2D eigenvalue weighted by Gasteiger charge is -2.01. The molecule has 1 aromatic carbocycles. The topological polar surface area (TPSA) is 55.2 Å².